The molecule has 1 N–H and O–H groups in total. The second-order valence-electron chi connectivity index (χ2n) is 6.20. The Bertz CT molecular complexity index is 271. The van der Waals surface area contributed by atoms with Gasteiger partial charge in [-0.3, -0.25) is 0 Å². The van der Waals surface area contributed by atoms with Gasteiger partial charge in [-0.25, -0.2) is 0 Å². The molecule has 1 spiro atoms. The summed E-state index contributed by atoms with van der Waals surface area (Å²) in [5.74, 6) is 0. The van der Waals surface area contributed by atoms with Gasteiger partial charge < -0.3 is 10.1 Å². The molecule has 0 aromatic heterocycles. The van der Waals surface area contributed by atoms with Crippen LogP contribution in [-0.2, 0) is 4.74 Å². The van der Waals surface area contributed by atoms with Crippen molar-refractivity contribution in [1.29, 1.82) is 0 Å². The molecule has 0 radical (unpaired) electrons. The van der Waals surface area contributed by atoms with Crippen LogP contribution in [0.15, 0.2) is 0 Å². The molecule has 0 aromatic carbocycles. The Labute approximate surface area is 109 Å². The van der Waals surface area contributed by atoms with Crippen LogP contribution in [0.5, 0.6) is 0 Å². The molecule has 0 bridgehead atoms. The zero-order valence-electron chi connectivity index (χ0n) is 11.0. The van der Waals surface area contributed by atoms with Crippen molar-refractivity contribution in [1.82, 2.24) is 5.32 Å². The Morgan fingerprint density at radius 1 is 1.24 bits per heavy atom. The van der Waals surface area contributed by atoms with E-state index in [9.17, 15) is 0 Å². The fourth-order valence-electron chi connectivity index (χ4n) is 3.49. The maximum atomic E-state index is 6.09. The normalized spacial score (nSPS) is 34.1. The van der Waals surface area contributed by atoms with Crippen molar-refractivity contribution in [3.8, 4) is 0 Å². The SMILES string of the molecule is CSC1(CNC2CCOC3(CCCC3)C2)CC1. The molecule has 3 rings (SSSR count). The van der Waals surface area contributed by atoms with E-state index < -0.39 is 0 Å². The molecule has 1 atom stereocenters. The molecule has 17 heavy (non-hydrogen) atoms. The average Bonchev–Trinajstić information content (AvgIpc) is 3.03. The van der Waals surface area contributed by atoms with Crippen LogP contribution < -0.4 is 5.32 Å². The molecule has 1 unspecified atom stereocenters. The highest BCUT2D eigenvalue weighted by atomic mass is 32.2. The van der Waals surface area contributed by atoms with Crippen LogP contribution >= 0.6 is 11.8 Å². The minimum atomic E-state index is 0.270. The summed E-state index contributed by atoms with van der Waals surface area (Å²) in [6, 6.07) is 0.714. The molecule has 1 heterocycles. The number of rotatable bonds is 4. The molecule has 0 aromatic rings. The second kappa shape index (κ2) is 4.75. The minimum absolute atomic E-state index is 0.270. The fraction of sp³-hybridized carbons (Fsp3) is 1.00. The Balaban J connectivity index is 1.50. The number of hydrogen-bond acceptors (Lipinski definition) is 3. The highest BCUT2D eigenvalue weighted by molar-refractivity contribution is 8.00. The van der Waals surface area contributed by atoms with Crippen molar-refractivity contribution in [2.45, 2.75) is 67.8 Å². The predicted octanol–water partition coefficient (Wildman–Crippen LogP) is 2.96. The van der Waals surface area contributed by atoms with Gasteiger partial charge in [-0.15, -0.1) is 0 Å². The van der Waals surface area contributed by atoms with Crippen molar-refractivity contribution in [2.75, 3.05) is 19.4 Å². The predicted molar refractivity (Wildman–Crippen MR) is 73.7 cm³/mol. The summed E-state index contributed by atoms with van der Waals surface area (Å²) in [5, 5.41) is 3.83. The molecular weight excluding hydrogens is 230 g/mol. The Morgan fingerprint density at radius 2 is 2.00 bits per heavy atom. The van der Waals surface area contributed by atoms with Crippen molar-refractivity contribution < 1.29 is 4.74 Å². The maximum absolute atomic E-state index is 6.09. The molecule has 0 amide bonds. The first-order chi connectivity index (χ1) is 8.26. The van der Waals surface area contributed by atoms with E-state index in [4.69, 9.17) is 4.74 Å². The zero-order chi connectivity index (χ0) is 11.8. The van der Waals surface area contributed by atoms with Crippen LogP contribution in [0.2, 0.25) is 0 Å². The molecule has 2 aliphatic carbocycles. The maximum Gasteiger partial charge on any atom is 0.0697 e. The lowest BCUT2D eigenvalue weighted by Gasteiger charge is -2.39. The second-order valence-corrected chi connectivity index (χ2v) is 7.47. The lowest BCUT2D eigenvalue weighted by atomic mass is 9.89. The van der Waals surface area contributed by atoms with Crippen LogP contribution in [-0.4, -0.2) is 35.8 Å². The van der Waals surface area contributed by atoms with E-state index in [-0.39, 0.29) is 5.60 Å². The van der Waals surface area contributed by atoms with Gasteiger partial charge in [0.05, 0.1) is 5.60 Å². The van der Waals surface area contributed by atoms with Gasteiger partial charge >= 0.3 is 0 Å². The standard InChI is InChI=1S/C14H25NOS/c1-17-14(7-8-14)11-15-12-4-9-16-13(10-12)5-2-3-6-13/h12,15H,2-11H2,1H3. The number of thioether (sulfide) groups is 1. The summed E-state index contributed by atoms with van der Waals surface area (Å²) < 4.78 is 6.68. The van der Waals surface area contributed by atoms with E-state index in [2.05, 4.69) is 23.3 Å². The molecule has 2 saturated carbocycles. The Kier molecular flexibility index (Phi) is 3.44. The third-order valence-corrected chi connectivity index (χ3v) is 6.38. The van der Waals surface area contributed by atoms with Gasteiger partial charge in [0.2, 0.25) is 0 Å². The largest absolute Gasteiger partial charge is 0.375 e. The van der Waals surface area contributed by atoms with Crippen molar-refractivity contribution >= 4 is 11.8 Å². The lowest BCUT2D eigenvalue weighted by Crippen LogP contribution is -2.47. The minimum Gasteiger partial charge on any atom is -0.375 e. The monoisotopic (exact) mass is 255 g/mol. The van der Waals surface area contributed by atoms with Crippen LogP contribution in [0, 0.1) is 0 Å². The van der Waals surface area contributed by atoms with E-state index in [0.29, 0.717) is 10.8 Å². The number of nitrogens with one attached hydrogen (secondary N) is 1. The van der Waals surface area contributed by atoms with E-state index in [1.807, 2.05) is 0 Å². The molecule has 1 aliphatic heterocycles. The summed E-state index contributed by atoms with van der Waals surface area (Å²) in [6.07, 6.45) is 12.9. The molecule has 98 valence electrons. The Morgan fingerprint density at radius 3 is 2.65 bits per heavy atom. The van der Waals surface area contributed by atoms with Crippen molar-refractivity contribution in [3.05, 3.63) is 0 Å². The van der Waals surface area contributed by atoms with Crippen LogP contribution in [0.25, 0.3) is 0 Å². The summed E-state index contributed by atoms with van der Waals surface area (Å²) in [4.78, 5) is 0. The topological polar surface area (TPSA) is 21.3 Å². The fourth-order valence-corrected chi connectivity index (χ4v) is 4.23. The van der Waals surface area contributed by atoms with Crippen LogP contribution in [0.4, 0.5) is 0 Å². The number of ether oxygens (including phenoxy) is 1. The molecule has 3 aliphatic rings. The molecule has 3 heteroatoms. The first-order valence-corrected chi connectivity index (χ1v) is 8.41. The van der Waals surface area contributed by atoms with Crippen LogP contribution in [0.1, 0.15) is 51.4 Å². The molecule has 1 saturated heterocycles. The van der Waals surface area contributed by atoms with Gasteiger partial charge in [-0.05, 0) is 44.8 Å². The van der Waals surface area contributed by atoms with E-state index in [1.54, 1.807) is 0 Å². The summed E-state index contributed by atoms with van der Waals surface area (Å²) in [6.45, 7) is 2.19. The lowest BCUT2D eigenvalue weighted by molar-refractivity contribution is -0.0835. The van der Waals surface area contributed by atoms with E-state index in [0.717, 1.165) is 6.61 Å². The van der Waals surface area contributed by atoms with Crippen molar-refractivity contribution in [2.24, 2.45) is 0 Å². The quantitative estimate of drug-likeness (QED) is 0.834. The van der Waals surface area contributed by atoms with E-state index in [1.165, 1.54) is 57.9 Å². The third kappa shape index (κ3) is 2.66. The van der Waals surface area contributed by atoms with E-state index >= 15 is 0 Å². The van der Waals surface area contributed by atoms with Gasteiger partial charge in [0.1, 0.15) is 0 Å². The summed E-state index contributed by atoms with van der Waals surface area (Å²) >= 11 is 2.06. The molecule has 3 fully saturated rings. The number of hydrogen-bond donors (Lipinski definition) is 1. The summed E-state index contributed by atoms with van der Waals surface area (Å²) in [7, 11) is 0. The van der Waals surface area contributed by atoms with Gasteiger partial charge in [0.15, 0.2) is 0 Å². The molecule has 2 nitrogen and oxygen atoms in total. The average molecular weight is 255 g/mol. The van der Waals surface area contributed by atoms with Gasteiger partial charge in [0.25, 0.3) is 0 Å². The zero-order valence-corrected chi connectivity index (χ0v) is 11.8. The van der Waals surface area contributed by atoms with Crippen LogP contribution in [0.3, 0.4) is 0 Å². The third-order valence-electron chi connectivity index (χ3n) is 4.96. The smallest absolute Gasteiger partial charge is 0.0697 e. The van der Waals surface area contributed by atoms with Crippen molar-refractivity contribution in [3.63, 3.8) is 0 Å². The highest BCUT2D eigenvalue weighted by Crippen LogP contribution is 2.47. The van der Waals surface area contributed by atoms with Gasteiger partial charge in [0, 0.05) is 23.9 Å². The first-order valence-electron chi connectivity index (χ1n) is 7.19. The van der Waals surface area contributed by atoms with Gasteiger partial charge in [-0.1, -0.05) is 12.8 Å². The Hall–Kier alpha value is 0.270. The molecular formula is C14H25NOS. The first kappa shape index (κ1) is 12.3. The highest BCUT2D eigenvalue weighted by Gasteiger charge is 2.44. The summed E-state index contributed by atoms with van der Waals surface area (Å²) in [5.41, 5.74) is 0.270. The van der Waals surface area contributed by atoms with Gasteiger partial charge in [-0.2, -0.15) is 11.8 Å².